The van der Waals surface area contributed by atoms with Crippen LogP contribution in [0, 0.1) is 0 Å². The molecule has 3 nitrogen and oxygen atoms in total. The molecule has 0 aromatic rings. The molecule has 0 fully saturated rings. The van der Waals surface area contributed by atoms with Crippen LogP contribution in [0.3, 0.4) is 0 Å². The molecule has 0 saturated carbocycles. The minimum Gasteiger partial charge on any atom is -0.447 e. The van der Waals surface area contributed by atoms with Gasteiger partial charge >= 0.3 is 6.09 Å². The maximum Gasteiger partial charge on any atom is 0.410 e. The first kappa shape index (κ1) is 12.3. The van der Waals surface area contributed by atoms with Gasteiger partial charge in [-0.15, -0.1) is 0 Å². The van der Waals surface area contributed by atoms with E-state index in [1.807, 2.05) is 41.5 Å². The third-order valence-corrected chi connectivity index (χ3v) is 1.68. The van der Waals surface area contributed by atoms with Gasteiger partial charge in [-0.25, -0.2) is 4.79 Å². The van der Waals surface area contributed by atoms with Gasteiger partial charge in [-0.3, -0.25) is 0 Å². The summed E-state index contributed by atoms with van der Waals surface area (Å²) < 4.78 is 5.12. The third kappa shape index (κ3) is 4.15. The Morgan fingerprint density at radius 3 is 2.08 bits per heavy atom. The van der Waals surface area contributed by atoms with Gasteiger partial charge in [0.05, 0.1) is 6.10 Å². The van der Waals surface area contributed by atoms with Crippen LogP contribution in [0.25, 0.3) is 0 Å². The predicted octanol–water partition coefficient (Wildman–Crippen LogP) is 2.65. The zero-order chi connectivity index (χ0) is 10.6. The maximum absolute atomic E-state index is 11.5. The Morgan fingerprint density at radius 2 is 1.85 bits per heavy atom. The molecule has 0 rings (SSSR count). The maximum atomic E-state index is 11.5. The van der Waals surface area contributed by atoms with E-state index in [1.54, 1.807) is 4.90 Å². The smallest absolute Gasteiger partial charge is 0.410 e. The van der Waals surface area contributed by atoms with Gasteiger partial charge in [0.2, 0.25) is 0 Å². The largest absolute Gasteiger partial charge is 0.447 e. The summed E-state index contributed by atoms with van der Waals surface area (Å²) >= 11 is 0. The normalized spacial score (nSPS) is 11.6. The van der Waals surface area contributed by atoms with Gasteiger partial charge in [0.25, 0.3) is 0 Å². The number of hydrogen-bond donors (Lipinski definition) is 0. The Balaban J connectivity index is 4.33. The van der Waals surface area contributed by atoms with Gasteiger partial charge in [0, 0.05) is 12.1 Å². The van der Waals surface area contributed by atoms with E-state index in [0.29, 0.717) is 6.54 Å². The van der Waals surface area contributed by atoms with E-state index in [1.165, 1.54) is 0 Å². The van der Waals surface area contributed by atoms with Gasteiger partial charge in [-0.1, -0.05) is 0 Å². The second kappa shape index (κ2) is 4.49. The fourth-order valence-electron chi connectivity index (χ4n) is 1.14. The molecule has 0 radical (unpaired) electrons. The van der Waals surface area contributed by atoms with Crippen LogP contribution in [0.15, 0.2) is 0 Å². The van der Waals surface area contributed by atoms with Crippen molar-refractivity contribution in [3.63, 3.8) is 0 Å². The zero-order valence-corrected chi connectivity index (χ0v) is 9.55. The second-order valence-electron chi connectivity index (χ2n) is 4.35. The van der Waals surface area contributed by atoms with Gasteiger partial charge in [0.15, 0.2) is 0 Å². The Labute approximate surface area is 81.1 Å². The highest BCUT2D eigenvalue weighted by Gasteiger charge is 2.26. The molecule has 1 amide bonds. The number of amides is 1. The third-order valence-electron chi connectivity index (χ3n) is 1.68. The molecule has 0 bridgehead atoms. The van der Waals surface area contributed by atoms with Crippen LogP contribution in [0.4, 0.5) is 4.79 Å². The Hall–Kier alpha value is -0.730. The number of nitrogens with zero attached hydrogens (tertiary/aromatic N) is 1. The van der Waals surface area contributed by atoms with E-state index in [2.05, 4.69) is 0 Å². The lowest BCUT2D eigenvalue weighted by atomic mass is 10.1. The number of carbonyl (C=O) groups is 1. The monoisotopic (exact) mass is 187 g/mol. The van der Waals surface area contributed by atoms with Crippen LogP contribution in [-0.2, 0) is 4.74 Å². The van der Waals surface area contributed by atoms with Crippen molar-refractivity contribution in [2.75, 3.05) is 6.54 Å². The highest BCUT2D eigenvalue weighted by atomic mass is 16.6. The van der Waals surface area contributed by atoms with Gasteiger partial charge < -0.3 is 9.64 Å². The van der Waals surface area contributed by atoms with Crippen LogP contribution in [0.5, 0.6) is 0 Å². The summed E-state index contributed by atoms with van der Waals surface area (Å²) in [7, 11) is 0. The van der Waals surface area contributed by atoms with Crippen molar-refractivity contribution in [2.45, 2.75) is 53.2 Å². The summed E-state index contributed by atoms with van der Waals surface area (Å²) in [4.78, 5) is 13.3. The molecule has 0 atom stereocenters. The lowest BCUT2D eigenvalue weighted by Gasteiger charge is -2.34. The van der Waals surface area contributed by atoms with E-state index in [9.17, 15) is 4.79 Å². The molecular weight excluding hydrogens is 166 g/mol. The van der Waals surface area contributed by atoms with E-state index in [4.69, 9.17) is 4.74 Å². The van der Waals surface area contributed by atoms with Crippen molar-refractivity contribution in [3.8, 4) is 0 Å². The molecule has 0 heterocycles. The lowest BCUT2D eigenvalue weighted by Crippen LogP contribution is -2.46. The summed E-state index contributed by atoms with van der Waals surface area (Å²) in [5.41, 5.74) is -0.166. The highest BCUT2D eigenvalue weighted by molar-refractivity contribution is 5.68. The van der Waals surface area contributed by atoms with E-state index in [0.717, 1.165) is 0 Å². The Kier molecular flexibility index (Phi) is 4.24. The van der Waals surface area contributed by atoms with Crippen molar-refractivity contribution < 1.29 is 9.53 Å². The second-order valence-corrected chi connectivity index (χ2v) is 4.35. The summed E-state index contributed by atoms with van der Waals surface area (Å²) in [5, 5.41) is 0. The first-order valence-corrected chi connectivity index (χ1v) is 4.77. The van der Waals surface area contributed by atoms with Crippen LogP contribution in [0.1, 0.15) is 41.5 Å². The lowest BCUT2D eigenvalue weighted by molar-refractivity contribution is 0.0505. The van der Waals surface area contributed by atoms with Crippen LogP contribution >= 0.6 is 0 Å². The molecule has 0 unspecified atom stereocenters. The molecule has 78 valence electrons. The molecule has 0 spiro atoms. The fourth-order valence-corrected chi connectivity index (χ4v) is 1.14. The topological polar surface area (TPSA) is 29.5 Å². The van der Waals surface area contributed by atoms with Crippen LogP contribution in [-0.4, -0.2) is 29.2 Å². The molecule has 0 aliphatic heterocycles. The minimum absolute atomic E-state index is 0.0519. The average Bonchev–Trinajstić information content (AvgIpc) is 1.82. The molecule has 0 aliphatic rings. The number of ether oxygens (including phenoxy) is 1. The molecule has 3 heteroatoms. The summed E-state index contributed by atoms with van der Waals surface area (Å²) in [6.45, 7) is 12.3. The molecule has 0 saturated heterocycles. The average molecular weight is 187 g/mol. The van der Waals surface area contributed by atoms with Crippen molar-refractivity contribution in [2.24, 2.45) is 0 Å². The minimum atomic E-state index is -0.231. The molecule has 13 heavy (non-hydrogen) atoms. The van der Waals surface area contributed by atoms with Gasteiger partial charge in [-0.05, 0) is 41.5 Å². The number of rotatable bonds is 2. The van der Waals surface area contributed by atoms with Crippen molar-refractivity contribution in [1.29, 1.82) is 0 Å². The van der Waals surface area contributed by atoms with Crippen LogP contribution in [0.2, 0.25) is 0 Å². The first-order valence-electron chi connectivity index (χ1n) is 4.77. The predicted molar refractivity (Wildman–Crippen MR) is 53.8 cm³/mol. The fraction of sp³-hybridized carbons (Fsp3) is 0.900. The van der Waals surface area contributed by atoms with Gasteiger partial charge in [0.1, 0.15) is 0 Å². The Bertz CT molecular complexity index is 170. The molecule has 0 aromatic carbocycles. The first-order chi connectivity index (χ1) is 5.79. The molecule has 0 N–H and O–H groups in total. The summed E-state index contributed by atoms with van der Waals surface area (Å²) in [6, 6.07) is 0. The van der Waals surface area contributed by atoms with E-state index in [-0.39, 0.29) is 17.7 Å². The molecule has 0 aromatic heterocycles. The summed E-state index contributed by atoms with van der Waals surface area (Å²) in [6.07, 6.45) is -0.283. The molecule has 0 aliphatic carbocycles. The van der Waals surface area contributed by atoms with Crippen LogP contribution < -0.4 is 0 Å². The highest BCUT2D eigenvalue weighted by Crippen LogP contribution is 2.14. The van der Waals surface area contributed by atoms with Crippen molar-refractivity contribution >= 4 is 6.09 Å². The Morgan fingerprint density at radius 1 is 1.38 bits per heavy atom. The number of hydrogen-bond acceptors (Lipinski definition) is 2. The van der Waals surface area contributed by atoms with Gasteiger partial charge in [-0.2, -0.15) is 0 Å². The number of carbonyl (C=O) groups excluding carboxylic acids is 1. The van der Waals surface area contributed by atoms with Crippen molar-refractivity contribution in [3.05, 3.63) is 0 Å². The summed E-state index contributed by atoms with van der Waals surface area (Å²) in [5.74, 6) is 0. The zero-order valence-electron chi connectivity index (χ0n) is 9.55. The quantitative estimate of drug-likeness (QED) is 0.665. The molecular formula is C10H21NO2. The standard InChI is InChI=1S/C10H21NO2/c1-7-11(10(4,5)6)9(12)13-8(2)3/h8H,7H2,1-6H3. The SMILES string of the molecule is CCN(C(=O)OC(C)C)C(C)(C)C. The van der Waals surface area contributed by atoms with E-state index >= 15 is 0 Å². The van der Waals surface area contributed by atoms with E-state index < -0.39 is 0 Å². The van der Waals surface area contributed by atoms with Crippen molar-refractivity contribution in [1.82, 2.24) is 4.90 Å².